The first kappa shape index (κ1) is 12.7. The highest BCUT2D eigenvalue weighted by molar-refractivity contribution is 5.88. The molecule has 0 aliphatic rings. The largest absolute Gasteiger partial charge is 0.461 e. The zero-order valence-corrected chi connectivity index (χ0v) is 10.6. The average molecular weight is 224 g/mol. The van der Waals surface area contributed by atoms with Crippen LogP contribution in [0.5, 0.6) is 0 Å². The van der Waals surface area contributed by atoms with Gasteiger partial charge in [-0.1, -0.05) is 27.7 Å². The first-order chi connectivity index (χ1) is 7.47. The van der Waals surface area contributed by atoms with Gasteiger partial charge in [-0.3, -0.25) is 0 Å². The van der Waals surface area contributed by atoms with E-state index in [0.717, 1.165) is 11.5 Å². The van der Waals surface area contributed by atoms with Crippen molar-refractivity contribution in [3.8, 4) is 0 Å². The molecule has 0 atom stereocenters. The minimum absolute atomic E-state index is 0.236. The van der Waals surface area contributed by atoms with Crippen LogP contribution in [-0.4, -0.2) is 22.5 Å². The van der Waals surface area contributed by atoms with Crippen molar-refractivity contribution >= 4 is 5.97 Å². The molecule has 0 unspecified atom stereocenters. The maximum Gasteiger partial charge on any atom is 0.358 e. The molecule has 0 bridgehead atoms. The fourth-order valence-corrected chi connectivity index (χ4v) is 1.45. The maximum absolute atomic E-state index is 11.7. The van der Waals surface area contributed by atoms with Crippen LogP contribution in [0.2, 0.25) is 0 Å². The molecule has 16 heavy (non-hydrogen) atoms. The number of imidazole rings is 1. The van der Waals surface area contributed by atoms with E-state index < -0.39 is 0 Å². The normalized spacial score (nSPS) is 11.2. The Hall–Kier alpha value is -1.32. The molecule has 1 N–H and O–H groups in total. The summed E-state index contributed by atoms with van der Waals surface area (Å²) in [5.41, 5.74) is 1.29. The Morgan fingerprint density at radius 3 is 2.38 bits per heavy atom. The van der Waals surface area contributed by atoms with Crippen LogP contribution < -0.4 is 0 Å². The SMILES string of the molecule is CCOC(=O)c1nc(C(C)C)[nH]c1C(C)C. The lowest BCUT2D eigenvalue weighted by molar-refractivity contribution is 0.0518. The molecule has 0 fully saturated rings. The molecule has 1 heterocycles. The number of rotatable bonds is 4. The Morgan fingerprint density at radius 1 is 1.31 bits per heavy atom. The zero-order chi connectivity index (χ0) is 12.3. The van der Waals surface area contributed by atoms with Gasteiger partial charge in [-0.05, 0) is 12.8 Å². The number of nitrogens with zero attached hydrogens (tertiary/aromatic N) is 1. The number of carbonyl (C=O) groups excluding carboxylic acids is 1. The van der Waals surface area contributed by atoms with Gasteiger partial charge in [-0.25, -0.2) is 9.78 Å². The van der Waals surface area contributed by atoms with Crippen molar-refractivity contribution in [3.05, 3.63) is 17.2 Å². The first-order valence-corrected chi connectivity index (χ1v) is 5.74. The van der Waals surface area contributed by atoms with Crippen LogP contribution in [0.4, 0.5) is 0 Å². The number of nitrogens with one attached hydrogen (secondary N) is 1. The molecule has 1 aromatic heterocycles. The maximum atomic E-state index is 11.7. The molecule has 1 aromatic rings. The number of esters is 1. The minimum Gasteiger partial charge on any atom is -0.461 e. The van der Waals surface area contributed by atoms with E-state index in [9.17, 15) is 4.79 Å². The van der Waals surface area contributed by atoms with Crippen molar-refractivity contribution in [2.24, 2.45) is 0 Å². The molecule has 4 nitrogen and oxygen atoms in total. The molecular weight excluding hydrogens is 204 g/mol. The van der Waals surface area contributed by atoms with Crippen molar-refractivity contribution in [1.29, 1.82) is 0 Å². The molecule has 1 rings (SSSR count). The van der Waals surface area contributed by atoms with E-state index in [1.807, 2.05) is 27.7 Å². The third kappa shape index (κ3) is 2.62. The van der Waals surface area contributed by atoms with E-state index in [2.05, 4.69) is 9.97 Å². The molecule has 0 saturated heterocycles. The smallest absolute Gasteiger partial charge is 0.358 e. The topological polar surface area (TPSA) is 55.0 Å². The van der Waals surface area contributed by atoms with E-state index in [1.54, 1.807) is 6.92 Å². The fraction of sp³-hybridized carbons (Fsp3) is 0.667. The lowest BCUT2D eigenvalue weighted by atomic mass is 10.1. The third-order valence-corrected chi connectivity index (χ3v) is 2.34. The van der Waals surface area contributed by atoms with Gasteiger partial charge in [0.1, 0.15) is 5.82 Å². The van der Waals surface area contributed by atoms with Crippen molar-refractivity contribution in [2.75, 3.05) is 6.61 Å². The summed E-state index contributed by atoms with van der Waals surface area (Å²) in [5, 5.41) is 0. The highest BCUT2D eigenvalue weighted by Gasteiger charge is 2.21. The average Bonchev–Trinajstić information content (AvgIpc) is 2.62. The van der Waals surface area contributed by atoms with Crippen LogP contribution in [0.15, 0.2) is 0 Å². The zero-order valence-electron chi connectivity index (χ0n) is 10.6. The van der Waals surface area contributed by atoms with Crippen molar-refractivity contribution in [2.45, 2.75) is 46.5 Å². The lowest BCUT2D eigenvalue weighted by Gasteiger charge is -2.04. The van der Waals surface area contributed by atoms with E-state index in [-0.39, 0.29) is 17.8 Å². The summed E-state index contributed by atoms with van der Waals surface area (Å²) in [6, 6.07) is 0. The Bertz CT molecular complexity index is 367. The lowest BCUT2D eigenvalue weighted by Crippen LogP contribution is -2.09. The molecule has 90 valence electrons. The number of aromatic amines is 1. The number of aromatic nitrogens is 2. The van der Waals surface area contributed by atoms with Gasteiger partial charge < -0.3 is 9.72 Å². The number of hydrogen-bond acceptors (Lipinski definition) is 3. The fourth-order valence-electron chi connectivity index (χ4n) is 1.45. The molecule has 0 aliphatic heterocycles. The molecule has 0 saturated carbocycles. The van der Waals surface area contributed by atoms with Crippen LogP contribution >= 0.6 is 0 Å². The van der Waals surface area contributed by atoms with Gasteiger partial charge >= 0.3 is 5.97 Å². The van der Waals surface area contributed by atoms with E-state index in [4.69, 9.17) is 4.74 Å². The second-order valence-corrected chi connectivity index (χ2v) is 4.41. The van der Waals surface area contributed by atoms with Gasteiger partial charge in [0, 0.05) is 5.92 Å². The molecule has 0 amide bonds. The number of ether oxygens (including phenoxy) is 1. The van der Waals surface area contributed by atoms with Crippen molar-refractivity contribution < 1.29 is 9.53 Å². The Morgan fingerprint density at radius 2 is 1.94 bits per heavy atom. The van der Waals surface area contributed by atoms with Crippen LogP contribution in [0.3, 0.4) is 0 Å². The van der Waals surface area contributed by atoms with Gasteiger partial charge in [0.25, 0.3) is 0 Å². The summed E-state index contributed by atoms with van der Waals surface area (Å²) in [7, 11) is 0. The predicted molar refractivity (Wildman–Crippen MR) is 62.7 cm³/mol. The standard InChI is InChI=1S/C12H20N2O2/c1-6-16-12(15)10-9(7(2)3)13-11(14-10)8(4)5/h7-8H,6H2,1-5H3,(H,13,14). The van der Waals surface area contributed by atoms with Gasteiger partial charge in [0.05, 0.1) is 12.3 Å². The minimum atomic E-state index is -0.339. The van der Waals surface area contributed by atoms with Crippen LogP contribution in [0.25, 0.3) is 0 Å². The summed E-state index contributed by atoms with van der Waals surface area (Å²) in [4.78, 5) is 19.2. The van der Waals surface area contributed by atoms with Crippen molar-refractivity contribution in [1.82, 2.24) is 9.97 Å². The Kier molecular flexibility index (Phi) is 4.10. The molecule has 0 aliphatic carbocycles. The highest BCUT2D eigenvalue weighted by Crippen LogP contribution is 2.21. The quantitative estimate of drug-likeness (QED) is 0.800. The predicted octanol–water partition coefficient (Wildman–Crippen LogP) is 2.83. The van der Waals surface area contributed by atoms with Crippen LogP contribution in [0, 0.1) is 0 Å². The summed E-state index contributed by atoms with van der Waals surface area (Å²) in [6.07, 6.45) is 0. The van der Waals surface area contributed by atoms with Crippen molar-refractivity contribution in [3.63, 3.8) is 0 Å². The monoisotopic (exact) mass is 224 g/mol. The first-order valence-electron chi connectivity index (χ1n) is 5.74. The second kappa shape index (κ2) is 5.14. The second-order valence-electron chi connectivity index (χ2n) is 4.41. The molecule has 4 heteroatoms. The number of carbonyl (C=O) groups is 1. The summed E-state index contributed by atoms with van der Waals surface area (Å²) >= 11 is 0. The number of H-pyrrole nitrogens is 1. The van der Waals surface area contributed by atoms with E-state index in [0.29, 0.717) is 12.3 Å². The van der Waals surface area contributed by atoms with Gasteiger partial charge in [-0.2, -0.15) is 0 Å². The summed E-state index contributed by atoms with van der Waals surface area (Å²) in [5.74, 6) is 1.01. The van der Waals surface area contributed by atoms with E-state index >= 15 is 0 Å². The third-order valence-electron chi connectivity index (χ3n) is 2.34. The van der Waals surface area contributed by atoms with E-state index in [1.165, 1.54) is 0 Å². The van der Waals surface area contributed by atoms with Gasteiger partial charge in [0.2, 0.25) is 0 Å². The summed E-state index contributed by atoms with van der Waals surface area (Å²) in [6.45, 7) is 10.3. The van der Waals surface area contributed by atoms with Gasteiger partial charge in [-0.15, -0.1) is 0 Å². The number of hydrogen-bond donors (Lipinski definition) is 1. The highest BCUT2D eigenvalue weighted by atomic mass is 16.5. The molecule has 0 aromatic carbocycles. The van der Waals surface area contributed by atoms with Crippen LogP contribution in [-0.2, 0) is 4.74 Å². The van der Waals surface area contributed by atoms with Crippen LogP contribution in [0.1, 0.15) is 68.5 Å². The Balaban J connectivity index is 3.10. The Labute approximate surface area is 96.4 Å². The molecule has 0 spiro atoms. The molecule has 0 radical (unpaired) electrons. The summed E-state index contributed by atoms with van der Waals surface area (Å²) < 4.78 is 4.99. The molecular formula is C12H20N2O2. The van der Waals surface area contributed by atoms with Gasteiger partial charge in [0.15, 0.2) is 5.69 Å².